The summed E-state index contributed by atoms with van der Waals surface area (Å²) in [6.45, 7) is 4.59. The van der Waals surface area contributed by atoms with Gasteiger partial charge < -0.3 is 0 Å². The van der Waals surface area contributed by atoms with Gasteiger partial charge in [-0.15, -0.1) is 48.3 Å². The molecule has 4 heteroatoms. The summed E-state index contributed by atoms with van der Waals surface area (Å²) in [5.74, 6) is 0. The second-order valence-electron chi connectivity index (χ2n) is 4.27. The van der Waals surface area contributed by atoms with Crippen molar-refractivity contribution in [3.63, 3.8) is 0 Å². The normalized spacial score (nSPS) is 9.45. The summed E-state index contributed by atoms with van der Waals surface area (Å²) in [7, 11) is 0.0576. The van der Waals surface area contributed by atoms with Crippen LogP contribution in [0.2, 0.25) is 0 Å². The van der Waals surface area contributed by atoms with E-state index in [2.05, 4.69) is 49.7 Å². The minimum absolute atomic E-state index is 0.0576. The zero-order valence-corrected chi connectivity index (χ0v) is 14.0. The smallest absolute Gasteiger partial charge is 0.172 e. The van der Waals surface area contributed by atoms with Crippen LogP contribution in [0.1, 0.15) is 0 Å². The van der Waals surface area contributed by atoms with Crippen molar-refractivity contribution in [3.05, 3.63) is 66.7 Å². The van der Waals surface area contributed by atoms with Crippen molar-refractivity contribution in [1.29, 1.82) is 0 Å². The Balaban J connectivity index is 0.000000208. The number of halogens is 2. The van der Waals surface area contributed by atoms with E-state index in [4.69, 9.17) is 0 Å². The van der Waals surface area contributed by atoms with Crippen molar-refractivity contribution in [2.45, 2.75) is 0 Å². The second kappa shape index (κ2) is 9.99. The molecular weight excluding hydrogens is 309 g/mol. The third-order valence-electron chi connectivity index (χ3n) is 2.67. The van der Waals surface area contributed by atoms with Gasteiger partial charge in [0, 0.05) is 0 Å². The molecule has 0 saturated heterocycles. The van der Waals surface area contributed by atoms with Gasteiger partial charge in [-0.1, -0.05) is 6.07 Å². The summed E-state index contributed by atoms with van der Waals surface area (Å²) >= 11 is -2.50. The van der Waals surface area contributed by atoms with Crippen molar-refractivity contribution < 1.29 is 26.4 Å². The fourth-order valence-electron chi connectivity index (χ4n) is 1.71. The Kier molecular flexibility index (Phi) is 8.61. The van der Waals surface area contributed by atoms with Gasteiger partial charge in [-0.05, 0) is 13.3 Å². The van der Waals surface area contributed by atoms with Gasteiger partial charge in [0.25, 0.3) is 0 Å². The van der Waals surface area contributed by atoms with E-state index in [0.29, 0.717) is 0 Å². The third-order valence-corrected chi connectivity index (χ3v) is 3.97. The van der Waals surface area contributed by atoms with E-state index in [-0.39, 0.29) is 7.92 Å². The second-order valence-corrected chi connectivity index (χ2v) is 6.80. The van der Waals surface area contributed by atoms with Gasteiger partial charge in [0.2, 0.25) is 0 Å². The van der Waals surface area contributed by atoms with E-state index in [1.54, 1.807) is 0 Å². The maximum absolute atomic E-state index is 9.75. The summed E-state index contributed by atoms with van der Waals surface area (Å²) in [5, 5.41) is 4.26. The van der Waals surface area contributed by atoms with Crippen LogP contribution in [-0.4, -0.2) is 13.3 Å². The summed E-state index contributed by atoms with van der Waals surface area (Å²) < 4.78 is 19.5. The Morgan fingerprint density at radius 1 is 1.00 bits per heavy atom. The first-order valence-electron chi connectivity index (χ1n) is 6.14. The number of hydrogen-bond donors (Lipinski definition) is 0. The molecule has 3 aromatic rings. The van der Waals surface area contributed by atoms with Gasteiger partial charge in [0.15, 0.2) is 0 Å². The van der Waals surface area contributed by atoms with Gasteiger partial charge in [-0.2, -0.15) is 24.3 Å². The predicted molar refractivity (Wildman–Crippen MR) is 82.2 cm³/mol. The van der Waals surface area contributed by atoms with Crippen LogP contribution in [0.3, 0.4) is 0 Å². The van der Waals surface area contributed by atoms with Crippen molar-refractivity contribution >= 4 is 24.0 Å². The summed E-state index contributed by atoms with van der Waals surface area (Å²) in [4.78, 5) is 0. The van der Waals surface area contributed by atoms with Crippen molar-refractivity contribution in [3.8, 4) is 0 Å². The molecule has 106 valence electrons. The van der Waals surface area contributed by atoms with Crippen LogP contribution in [0.4, 0.5) is 6.18 Å². The molecule has 0 heterocycles. The molecule has 0 amide bonds. The molecule has 3 rings (SSSR count). The van der Waals surface area contributed by atoms with Crippen molar-refractivity contribution in [2.75, 3.05) is 13.3 Å². The molecule has 0 bridgehead atoms. The van der Waals surface area contributed by atoms with Gasteiger partial charge in [-0.3, -0.25) is 0 Å². The number of hydrogen-bond acceptors (Lipinski definition) is 0. The quantitative estimate of drug-likeness (QED) is 0.329. The number of benzene rings is 1. The van der Waals surface area contributed by atoms with Crippen LogP contribution in [-0.2, 0) is 20.2 Å². The maximum Gasteiger partial charge on any atom is -0.172 e. The third kappa shape index (κ3) is 6.09. The molecule has 0 saturated carbocycles. The number of fused-ring (bicyclic) bond motifs is 1. The Hall–Kier alpha value is -0.816. The molecule has 0 spiro atoms. The zero-order chi connectivity index (χ0) is 14.8. The van der Waals surface area contributed by atoms with Gasteiger partial charge >= 0.3 is 26.4 Å². The average Bonchev–Trinajstić information content (AvgIpc) is 3.12. The van der Waals surface area contributed by atoms with Crippen LogP contribution < -0.4 is 5.30 Å². The van der Waals surface area contributed by atoms with Crippen LogP contribution in [0, 0.1) is 0 Å². The standard InChI is InChI=1S/C11H12P.C5H5.2FH.Ti/c1-12(2)11-7-9-5-3-4-6-10(9)8-11;1-2-4-5-3-1;;;/h3-8H,1-2H3;1-5H;2*1H;/q2*-1;;;+2/p-2. The molecule has 0 nitrogen and oxygen atoms in total. The topological polar surface area (TPSA) is 0 Å². The minimum Gasteiger partial charge on any atom is -0.214 e. The molecule has 0 radical (unpaired) electrons. The fraction of sp³-hybridized carbons (Fsp3) is 0.125. The maximum atomic E-state index is 9.75. The molecule has 3 aromatic carbocycles. The van der Waals surface area contributed by atoms with Crippen LogP contribution in [0.15, 0.2) is 66.7 Å². The molecule has 0 aliphatic rings. The Labute approximate surface area is 130 Å². The summed E-state index contributed by atoms with van der Waals surface area (Å²) in [5.41, 5.74) is 0. The molecule has 20 heavy (non-hydrogen) atoms. The molecule has 0 atom stereocenters. The molecular formula is C16H17F2PTi-2. The SMILES string of the molecule is CP(C)c1cc2ccccc2[cH-]1.[F][Ti][F].c1cc[cH-]c1. The van der Waals surface area contributed by atoms with E-state index in [1.807, 2.05) is 30.3 Å². The number of rotatable bonds is 1. The van der Waals surface area contributed by atoms with E-state index >= 15 is 0 Å². The van der Waals surface area contributed by atoms with Gasteiger partial charge in [0.05, 0.1) is 0 Å². The molecule has 0 aliphatic carbocycles. The average molecular weight is 326 g/mol. The van der Waals surface area contributed by atoms with Crippen molar-refractivity contribution in [1.82, 2.24) is 0 Å². The predicted octanol–water partition coefficient (Wildman–Crippen LogP) is 5.17. The zero-order valence-electron chi connectivity index (χ0n) is 11.6. The van der Waals surface area contributed by atoms with Gasteiger partial charge in [-0.25, -0.2) is 12.1 Å². The first-order chi connectivity index (χ1) is 9.69. The molecule has 0 fully saturated rings. The Bertz CT molecular complexity index is 523. The van der Waals surface area contributed by atoms with Crippen LogP contribution in [0.25, 0.3) is 10.8 Å². The summed E-state index contributed by atoms with van der Waals surface area (Å²) in [6, 6.07) is 23.2. The molecule has 0 aromatic heterocycles. The van der Waals surface area contributed by atoms with Crippen molar-refractivity contribution in [2.24, 2.45) is 0 Å². The largest absolute Gasteiger partial charge is 0.214 e. The van der Waals surface area contributed by atoms with E-state index in [0.717, 1.165) is 0 Å². The summed E-state index contributed by atoms with van der Waals surface area (Å²) in [6.07, 6.45) is 0. The fourth-order valence-corrected chi connectivity index (χ4v) is 2.51. The Morgan fingerprint density at radius 3 is 2.05 bits per heavy atom. The van der Waals surface area contributed by atoms with E-state index in [9.17, 15) is 6.18 Å². The first kappa shape index (κ1) is 17.2. The molecule has 0 unspecified atom stereocenters. The van der Waals surface area contributed by atoms with E-state index in [1.165, 1.54) is 16.1 Å². The van der Waals surface area contributed by atoms with E-state index < -0.39 is 20.2 Å². The Morgan fingerprint density at radius 2 is 1.60 bits per heavy atom. The monoisotopic (exact) mass is 326 g/mol. The minimum atomic E-state index is -2.50. The van der Waals surface area contributed by atoms with Gasteiger partial charge in [0.1, 0.15) is 0 Å². The molecule has 0 aliphatic heterocycles. The molecule has 0 N–H and O–H groups in total. The van der Waals surface area contributed by atoms with Crippen LogP contribution in [0.5, 0.6) is 0 Å². The first-order valence-corrected chi connectivity index (χ1v) is 9.56. The van der Waals surface area contributed by atoms with Crippen LogP contribution >= 0.6 is 7.92 Å².